The van der Waals surface area contributed by atoms with E-state index in [1.807, 2.05) is 54.6 Å². The average Bonchev–Trinajstić information content (AvgIpc) is 2.67. The molecule has 0 saturated carbocycles. The van der Waals surface area contributed by atoms with E-state index in [9.17, 15) is 9.59 Å². The summed E-state index contributed by atoms with van der Waals surface area (Å²) >= 11 is 0. The smallest absolute Gasteiger partial charge is 0.306 e. The molecule has 0 aromatic heterocycles. The lowest BCUT2D eigenvalue weighted by molar-refractivity contribution is -0.145. The fourth-order valence-electron chi connectivity index (χ4n) is 2.73. The summed E-state index contributed by atoms with van der Waals surface area (Å²) in [6.45, 7) is 0.260. The molecule has 0 unspecified atom stereocenters. The Bertz CT molecular complexity index is 869. The largest absolute Gasteiger partial charge is 0.461 e. The van der Waals surface area contributed by atoms with Crippen LogP contribution in [-0.4, -0.2) is 11.8 Å². The van der Waals surface area contributed by atoms with Crippen molar-refractivity contribution in [2.45, 2.75) is 25.9 Å². The number of hydrogen-bond acceptors (Lipinski definition) is 3. The molecule has 0 spiro atoms. The number of ketones is 1. The van der Waals surface area contributed by atoms with Gasteiger partial charge < -0.3 is 4.74 Å². The Balaban J connectivity index is 1.44. The fraction of sp³-hybridized carbons (Fsp3) is 0.182. The Morgan fingerprint density at radius 3 is 2.28 bits per heavy atom. The number of ether oxygens (including phenoxy) is 1. The molecule has 3 aromatic rings. The predicted octanol–water partition coefficient (Wildman–Crippen LogP) is 4.94. The van der Waals surface area contributed by atoms with Gasteiger partial charge in [-0.05, 0) is 28.8 Å². The van der Waals surface area contributed by atoms with E-state index in [0.717, 1.165) is 16.3 Å². The SMILES string of the molecule is O=C(CCCC(=O)c1ccccc1)OCc1ccc2ccccc2c1. The lowest BCUT2D eigenvalue weighted by Gasteiger charge is -2.06. The molecular weight excluding hydrogens is 312 g/mol. The van der Waals surface area contributed by atoms with Crippen LogP contribution in [0.2, 0.25) is 0 Å². The van der Waals surface area contributed by atoms with Crippen LogP contribution < -0.4 is 0 Å². The van der Waals surface area contributed by atoms with Gasteiger partial charge in [0.15, 0.2) is 5.78 Å². The highest BCUT2D eigenvalue weighted by Gasteiger charge is 2.08. The summed E-state index contributed by atoms with van der Waals surface area (Å²) in [4.78, 5) is 23.8. The minimum atomic E-state index is -0.269. The number of carbonyl (C=O) groups is 2. The van der Waals surface area contributed by atoms with E-state index in [2.05, 4.69) is 6.07 Å². The van der Waals surface area contributed by atoms with Gasteiger partial charge >= 0.3 is 5.97 Å². The monoisotopic (exact) mass is 332 g/mol. The van der Waals surface area contributed by atoms with Gasteiger partial charge in [0.2, 0.25) is 0 Å². The molecule has 0 atom stereocenters. The Morgan fingerprint density at radius 1 is 0.760 bits per heavy atom. The Labute approximate surface area is 147 Å². The van der Waals surface area contributed by atoms with E-state index in [0.29, 0.717) is 18.4 Å². The van der Waals surface area contributed by atoms with Crippen LogP contribution in [0.4, 0.5) is 0 Å². The molecule has 25 heavy (non-hydrogen) atoms. The highest BCUT2D eigenvalue weighted by atomic mass is 16.5. The van der Waals surface area contributed by atoms with Gasteiger partial charge in [-0.3, -0.25) is 9.59 Å². The number of benzene rings is 3. The van der Waals surface area contributed by atoms with Crippen LogP contribution >= 0.6 is 0 Å². The zero-order chi connectivity index (χ0) is 17.5. The van der Waals surface area contributed by atoms with Crippen LogP contribution in [0, 0.1) is 0 Å². The van der Waals surface area contributed by atoms with Gasteiger partial charge in [0.05, 0.1) is 0 Å². The molecule has 126 valence electrons. The molecule has 0 aliphatic heterocycles. The molecule has 0 bridgehead atoms. The van der Waals surface area contributed by atoms with E-state index >= 15 is 0 Å². The number of fused-ring (bicyclic) bond motifs is 1. The standard InChI is InChI=1S/C22H20O3/c23-21(19-8-2-1-3-9-19)11-6-12-22(24)25-16-17-13-14-18-7-4-5-10-20(18)15-17/h1-5,7-10,13-15H,6,11-12,16H2. The van der Waals surface area contributed by atoms with Gasteiger partial charge in [0.25, 0.3) is 0 Å². The zero-order valence-electron chi connectivity index (χ0n) is 14.0. The number of carbonyl (C=O) groups excluding carboxylic acids is 2. The molecule has 0 fully saturated rings. The first-order valence-corrected chi connectivity index (χ1v) is 8.44. The van der Waals surface area contributed by atoms with Crippen molar-refractivity contribution in [3.05, 3.63) is 83.9 Å². The molecule has 0 saturated heterocycles. The summed E-state index contributed by atoms with van der Waals surface area (Å²) in [6.07, 6.45) is 1.12. The van der Waals surface area contributed by atoms with Crippen LogP contribution in [0.25, 0.3) is 10.8 Å². The van der Waals surface area contributed by atoms with Crippen molar-refractivity contribution in [2.24, 2.45) is 0 Å². The molecule has 0 heterocycles. The summed E-state index contributed by atoms with van der Waals surface area (Å²) in [7, 11) is 0. The summed E-state index contributed by atoms with van der Waals surface area (Å²) in [6, 6.07) is 23.2. The third-order valence-corrected chi connectivity index (χ3v) is 4.09. The third kappa shape index (κ3) is 4.77. The summed E-state index contributed by atoms with van der Waals surface area (Å²) in [5.74, 6) is -0.211. The van der Waals surface area contributed by atoms with Gasteiger partial charge in [-0.25, -0.2) is 0 Å². The molecule has 3 aromatic carbocycles. The van der Waals surface area contributed by atoms with E-state index < -0.39 is 0 Å². The molecule has 0 N–H and O–H groups in total. The van der Waals surface area contributed by atoms with E-state index in [1.54, 1.807) is 12.1 Å². The Kier molecular flexibility index (Phi) is 5.57. The number of hydrogen-bond donors (Lipinski definition) is 0. The number of Topliss-reactive ketones (excluding diaryl/α,β-unsaturated/α-hetero) is 1. The second-order valence-electron chi connectivity index (χ2n) is 5.98. The first-order valence-electron chi connectivity index (χ1n) is 8.44. The zero-order valence-corrected chi connectivity index (χ0v) is 14.0. The van der Waals surface area contributed by atoms with Crippen molar-refractivity contribution < 1.29 is 14.3 Å². The maximum Gasteiger partial charge on any atom is 0.306 e. The van der Waals surface area contributed by atoms with Crippen LogP contribution in [0.3, 0.4) is 0 Å². The predicted molar refractivity (Wildman–Crippen MR) is 98.4 cm³/mol. The minimum absolute atomic E-state index is 0.0583. The summed E-state index contributed by atoms with van der Waals surface area (Å²) < 4.78 is 5.31. The van der Waals surface area contributed by atoms with Crippen LogP contribution in [0.15, 0.2) is 72.8 Å². The minimum Gasteiger partial charge on any atom is -0.461 e. The van der Waals surface area contributed by atoms with E-state index in [4.69, 9.17) is 4.74 Å². The van der Waals surface area contributed by atoms with Gasteiger partial charge in [0.1, 0.15) is 6.61 Å². The van der Waals surface area contributed by atoms with Crippen LogP contribution in [-0.2, 0) is 16.1 Å². The van der Waals surface area contributed by atoms with E-state index in [1.165, 1.54) is 0 Å². The van der Waals surface area contributed by atoms with Crippen molar-refractivity contribution in [3.8, 4) is 0 Å². The Hall–Kier alpha value is -2.94. The van der Waals surface area contributed by atoms with Crippen LogP contribution in [0.5, 0.6) is 0 Å². The summed E-state index contributed by atoms with van der Waals surface area (Å²) in [5, 5.41) is 2.29. The Morgan fingerprint density at radius 2 is 1.48 bits per heavy atom. The maximum absolute atomic E-state index is 12.0. The topological polar surface area (TPSA) is 43.4 Å². The van der Waals surface area contributed by atoms with Crippen molar-refractivity contribution in [1.29, 1.82) is 0 Å². The number of rotatable bonds is 7. The molecule has 0 amide bonds. The highest BCUT2D eigenvalue weighted by molar-refractivity contribution is 5.96. The molecular formula is C22H20O3. The van der Waals surface area contributed by atoms with Gasteiger partial charge in [-0.1, -0.05) is 66.7 Å². The second kappa shape index (κ2) is 8.25. The second-order valence-corrected chi connectivity index (χ2v) is 5.98. The number of esters is 1. The summed E-state index contributed by atoms with van der Waals surface area (Å²) in [5.41, 5.74) is 1.65. The maximum atomic E-state index is 12.0. The normalized spacial score (nSPS) is 10.6. The van der Waals surface area contributed by atoms with Gasteiger partial charge in [-0.2, -0.15) is 0 Å². The van der Waals surface area contributed by atoms with Crippen molar-refractivity contribution in [2.75, 3.05) is 0 Å². The fourth-order valence-corrected chi connectivity index (χ4v) is 2.73. The van der Waals surface area contributed by atoms with Gasteiger partial charge in [0, 0.05) is 18.4 Å². The van der Waals surface area contributed by atoms with Crippen molar-refractivity contribution in [1.82, 2.24) is 0 Å². The third-order valence-electron chi connectivity index (χ3n) is 4.09. The lowest BCUT2D eigenvalue weighted by atomic mass is 10.1. The molecule has 0 aliphatic carbocycles. The molecule has 3 nitrogen and oxygen atoms in total. The molecule has 3 rings (SSSR count). The van der Waals surface area contributed by atoms with Crippen molar-refractivity contribution in [3.63, 3.8) is 0 Å². The van der Waals surface area contributed by atoms with E-state index in [-0.39, 0.29) is 24.8 Å². The molecule has 3 heteroatoms. The van der Waals surface area contributed by atoms with Crippen LogP contribution in [0.1, 0.15) is 35.2 Å². The lowest BCUT2D eigenvalue weighted by Crippen LogP contribution is -2.06. The molecule has 0 radical (unpaired) electrons. The quantitative estimate of drug-likeness (QED) is 0.455. The first-order chi connectivity index (χ1) is 12.2. The van der Waals surface area contributed by atoms with Gasteiger partial charge in [-0.15, -0.1) is 0 Å². The molecule has 0 aliphatic rings. The van der Waals surface area contributed by atoms with Crippen molar-refractivity contribution >= 4 is 22.5 Å². The average molecular weight is 332 g/mol. The highest BCUT2D eigenvalue weighted by Crippen LogP contribution is 2.16. The first kappa shape index (κ1) is 16.9.